The van der Waals surface area contributed by atoms with Gasteiger partial charge in [-0.15, -0.1) is 0 Å². The zero-order valence-corrected chi connectivity index (χ0v) is 15.1. The summed E-state index contributed by atoms with van der Waals surface area (Å²) in [4.78, 5) is 12.2. The summed E-state index contributed by atoms with van der Waals surface area (Å²) in [5.41, 5.74) is 0.547. The number of carbonyl (C=O) groups is 1. The van der Waals surface area contributed by atoms with Crippen molar-refractivity contribution >= 4 is 39.2 Å². The van der Waals surface area contributed by atoms with Crippen LogP contribution in [0.4, 0.5) is 0 Å². The van der Waals surface area contributed by atoms with E-state index >= 15 is 0 Å². The first kappa shape index (κ1) is 17.2. The summed E-state index contributed by atoms with van der Waals surface area (Å²) in [7, 11) is 0. The second kappa shape index (κ2) is 8.48. The highest BCUT2D eigenvalue weighted by atomic mass is 79.9. The highest BCUT2D eigenvalue weighted by Gasteiger charge is 2.17. The third-order valence-electron chi connectivity index (χ3n) is 3.57. The number of benzene rings is 1. The maximum Gasteiger partial charge on any atom is 0.257 e. The Morgan fingerprint density at radius 3 is 2.77 bits per heavy atom. The number of hydrogen-bond donors (Lipinski definition) is 2. The molecule has 0 spiro atoms. The van der Waals surface area contributed by atoms with Crippen LogP contribution in [0.1, 0.15) is 49.4 Å². The molecular formula is C16H21BrN2O2S. The molecule has 0 radical (unpaired) electrons. The lowest BCUT2D eigenvalue weighted by atomic mass is 10.2. The van der Waals surface area contributed by atoms with Gasteiger partial charge in [-0.1, -0.05) is 19.8 Å². The van der Waals surface area contributed by atoms with Crippen LogP contribution in [0, 0.1) is 0 Å². The second-order valence-corrected chi connectivity index (χ2v) is 6.67. The number of carbonyl (C=O) groups excluding carboxylic acids is 1. The Morgan fingerprint density at radius 2 is 2.14 bits per heavy atom. The molecule has 120 valence electrons. The highest BCUT2D eigenvalue weighted by Crippen LogP contribution is 2.26. The number of ether oxygens (including phenoxy) is 1. The summed E-state index contributed by atoms with van der Waals surface area (Å²) in [5.74, 6) is 0.531. The summed E-state index contributed by atoms with van der Waals surface area (Å²) in [6.45, 7) is 2.70. The quantitative estimate of drug-likeness (QED) is 0.758. The normalized spacial score (nSPS) is 14.6. The van der Waals surface area contributed by atoms with Gasteiger partial charge in [-0.25, -0.2) is 0 Å². The predicted octanol–water partition coefficient (Wildman–Crippen LogP) is 3.78. The molecule has 0 heterocycles. The summed E-state index contributed by atoms with van der Waals surface area (Å²) < 4.78 is 6.34. The van der Waals surface area contributed by atoms with E-state index in [9.17, 15) is 4.79 Å². The fourth-order valence-corrected chi connectivity index (χ4v) is 3.19. The number of nitrogens with one attached hydrogen (secondary N) is 2. The van der Waals surface area contributed by atoms with E-state index in [2.05, 4.69) is 26.6 Å². The van der Waals surface area contributed by atoms with Crippen LogP contribution >= 0.6 is 28.1 Å². The molecule has 1 saturated carbocycles. The standard InChI is InChI=1S/C16H21BrN2O2S/c1-2-9-21-14-8-7-11(10-13(14)17)15(20)19-16(22)18-12-5-3-4-6-12/h7-8,10,12H,2-6,9H2,1H3,(H2,18,19,20,22). The van der Waals surface area contributed by atoms with E-state index in [1.54, 1.807) is 18.2 Å². The van der Waals surface area contributed by atoms with Crippen LogP contribution in [-0.2, 0) is 0 Å². The van der Waals surface area contributed by atoms with Crippen molar-refractivity contribution in [3.05, 3.63) is 28.2 Å². The van der Waals surface area contributed by atoms with Gasteiger partial charge in [0.1, 0.15) is 5.75 Å². The molecule has 0 bridgehead atoms. The third-order valence-corrected chi connectivity index (χ3v) is 4.41. The molecule has 2 N–H and O–H groups in total. The molecule has 4 nitrogen and oxygen atoms in total. The maximum absolute atomic E-state index is 12.2. The highest BCUT2D eigenvalue weighted by molar-refractivity contribution is 9.10. The molecule has 2 rings (SSSR count). The number of thiocarbonyl (C=S) groups is 1. The van der Waals surface area contributed by atoms with Gasteiger partial charge in [0.25, 0.3) is 5.91 Å². The Hall–Kier alpha value is -1.14. The van der Waals surface area contributed by atoms with Gasteiger partial charge < -0.3 is 10.1 Å². The molecule has 0 aliphatic heterocycles. The Bertz CT molecular complexity index is 545. The van der Waals surface area contributed by atoms with Gasteiger partial charge in [-0.2, -0.15) is 0 Å². The fourth-order valence-electron chi connectivity index (χ4n) is 2.44. The van der Waals surface area contributed by atoms with Crippen molar-refractivity contribution in [2.75, 3.05) is 6.61 Å². The Morgan fingerprint density at radius 1 is 1.41 bits per heavy atom. The van der Waals surface area contributed by atoms with Gasteiger partial charge in [0.2, 0.25) is 0 Å². The number of halogens is 1. The minimum atomic E-state index is -0.210. The van der Waals surface area contributed by atoms with Gasteiger partial charge >= 0.3 is 0 Å². The molecule has 22 heavy (non-hydrogen) atoms. The first-order valence-corrected chi connectivity index (χ1v) is 8.84. The van der Waals surface area contributed by atoms with Gasteiger partial charge in [0, 0.05) is 11.6 Å². The van der Waals surface area contributed by atoms with Gasteiger partial charge in [-0.3, -0.25) is 10.1 Å². The van der Waals surface area contributed by atoms with E-state index in [1.807, 2.05) is 6.92 Å². The van der Waals surface area contributed by atoms with E-state index < -0.39 is 0 Å². The van der Waals surface area contributed by atoms with Crippen molar-refractivity contribution in [2.45, 2.75) is 45.1 Å². The number of amides is 1. The molecule has 1 amide bonds. The lowest BCUT2D eigenvalue weighted by Gasteiger charge is -2.15. The first-order chi connectivity index (χ1) is 10.6. The lowest BCUT2D eigenvalue weighted by molar-refractivity contribution is 0.0976. The molecule has 1 aromatic carbocycles. The molecule has 0 saturated heterocycles. The Labute approximate surface area is 145 Å². The zero-order chi connectivity index (χ0) is 15.9. The molecular weight excluding hydrogens is 364 g/mol. The summed E-state index contributed by atoms with van der Waals surface area (Å²) in [5, 5.41) is 6.33. The van der Waals surface area contributed by atoms with Crippen molar-refractivity contribution in [3.8, 4) is 5.75 Å². The van der Waals surface area contributed by atoms with Crippen LogP contribution in [0.2, 0.25) is 0 Å². The molecule has 1 aliphatic rings. The molecule has 0 unspecified atom stereocenters. The molecule has 6 heteroatoms. The van der Waals surface area contributed by atoms with Crippen LogP contribution in [0.25, 0.3) is 0 Å². The minimum absolute atomic E-state index is 0.210. The zero-order valence-electron chi connectivity index (χ0n) is 12.7. The molecule has 1 aliphatic carbocycles. The van der Waals surface area contributed by atoms with Crippen molar-refractivity contribution in [1.29, 1.82) is 0 Å². The smallest absolute Gasteiger partial charge is 0.257 e. The van der Waals surface area contributed by atoms with Gasteiger partial charge in [-0.05, 0) is 65.6 Å². The van der Waals surface area contributed by atoms with Crippen LogP contribution in [0.5, 0.6) is 5.75 Å². The summed E-state index contributed by atoms with van der Waals surface area (Å²) in [6.07, 6.45) is 5.62. The van der Waals surface area contributed by atoms with E-state index in [0.29, 0.717) is 23.3 Å². The number of rotatable bonds is 5. The topological polar surface area (TPSA) is 50.4 Å². The van der Waals surface area contributed by atoms with Gasteiger partial charge in [0.05, 0.1) is 11.1 Å². The lowest BCUT2D eigenvalue weighted by Crippen LogP contribution is -2.43. The Balaban J connectivity index is 1.91. The number of hydrogen-bond acceptors (Lipinski definition) is 3. The van der Waals surface area contributed by atoms with Crippen LogP contribution in [-0.4, -0.2) is 23.7 Å². The van der Waals surface area contributed by atoms with E-state index in [0.717, 1.165) is 29.5 Å². The average Bonchev–Trinajstić information content (AvgIpc) is 2.98. The fraction of sp³-hybridized carbons (Fsp3) is 0.500. The minimum Gasteiger partial charge on any atom is -0.492 e. The summed E-state index contributed by atoms with van der Waals surface area (Å²) >= 11 is 8.63. The molecule has 0 aromatic heterocycles. The SMILES string of the molecule is CCCOc1ccc(C(=O)NC(=S)NC2CCCC2)cc1Br. The van der Waals surface area contributed by atoms with Crippen molar-refractivity contribution < 1.29 is 9.53 Å². The van der Waals surface area contributed by atoms with E-state index in [1.165, 1.54) is 12.8 Å². The maximum atomic E-state index is 12.2. The third kappa shape index (κ3) is 4.95. The van der Waals surface area contributed by atoms with Crippen molar-refractivity contribution in [2.24, 2.45) is 0 Å². The van der Waals surface area contributed by atoms with Crippen LogP contribution < -0.4 is 15.4 Å². The average molecular weight is 385 g/mol. The van der Waals surface area contributed by atoms with Crippen molar-refractivity contribution in [3.63, 3.8) is 0 Å². The van der Waals surface area contributed by atoms with Crippen molar-refractivity contribution in [1.82, 2.24) is 10.6 Å². The largest absolute Gasteiger partial charge is 0.492 e. The monoisotopic (exact) mass is 384 g/mol. The van der Waals surface area contributed by atoms with E-state index in [-0.39, 0.29) is 5.91 Å². The van der Waals surface area contributed by atoms with E-state index in [4.69, 9.17) is 17.0 Å². The molecule has 0 atom stereocenters. The van der Waals surface area contributed by atoms with Gasteiger partial charge in [0.15, 0.2) is 5.11 Å². The predicted molar refractivity (Wildman–Crippen MR) is 95.4 cm³/mol. The summed E-state index contributed by atoms with van der Waals surface area (Å²) in [6, 6.07) is 5.67. The second-order valence-electron chi connectivity index (χ2n) is 5.40. The van der Waals surface area contributed by atoms with Crippen LogP contribution in [0.15, 0.2) is 22.7 Å². The van der Waals surface area contributed by atoms with Crippen LogP contribution in [0.3, 0.4) is 0 Å². The molecule has 1 fully saturated rings. The Kier molecular flexibility index (Phi) is 6.64. The molecule has 1 aromatic rings. The first-order valence-electron chi connectivity index (χ1n) is 7.64.